The zero-order valence-corrected chi connectivity index (χ0v) is 23.3. The standard InChI is InChI=1S/C15H21NO4.C9H4Cl3NO2S/c1-10-7-6-8-11(2)14(10)16(13(17)9-19-4)12(3)15(18)20-5;10-9(11,12)16-13-7(14)5-3-1-2-4-6(5)8(13)15/h6-8,12H,9H2,1-5H3;1-4H/t12-;/m0./s1. The van der Waals surface area contributed by atoms with Crippen molar-refractivity contribution in [3.8, 4) is 0 Å². The van der Waals surface area contributed by atoms with Crippen LogP contribution in [0.25, 0.3) is 0 Å². The summed E-state index contributed by atoms with van der Waals surface area (Å²) in [4.78, 5) is 49.1. The van der Waals surface area contributed by atoms with Crippen LogP contribution >= 0.6 is 46.8 Å². The molecule has 0 N–H and O–H groups in total. The lowest BCUT2D eigenvalue weighted by Gasteiger charge is -2.30. The summed E-state index contributed by atoms with van der Waals surface area (Å²) >= 11 is 17.2. The lowest BCUT2D eigenvalue weighted by atomic mass is 10.1. The molecule has 0 saturated heterocycles. The monoisotopic (exact) mass is 574 g/mol. The molecule has 1 atom stereocenters. The number of nitrogens with zero attached hydrogens (tertiary/aromatic N) is 2. The molecule has 2 aromatic rings. The number of hydrogen-bond donors (Lipinski definition) is 0. The number of ether oxygens (including phenoxy) is 2. The predicted octanol–water partition coefficient (Wildman–Crippen LogP) is 5.10. The minimum absolute atomic E-state index is 0.0882. The quantitative estimate of drug-likeness (QED) is 0.205. The fraction of sp³-hybridized carbons (Fsp3) is 0.333. The van der Waals surface area contributed by atoms with Crippen LogP contribution in [0.2, 0.25) is 0 Å². The molecule has 194 valence electrons. The zero-order valence-electron chi connectivity index (χ0n) is 20.2. The average Bonchev–Trinajstić information content (AvgIpc) is 3.05. The molecule has 1 heterocycles. The van der Waals surface area contributed by atoms with Crippen molar-refractivity contribution in [2.45, 2.75) is 29.9 Å². The maximum absolute atomic E-state index is 12.3. The van der Waals surface area contributed by atoms with Gasteiger partial charge in [-0.2, -0.15) is 0 Å². The molecular formula is C24H25Cl3N2O6S. The van der Waals surface area contributed by atoms with Gasteiger partial charge in [0.05, 0.1) is 23.9 Å². The first-order chi connectivity index (χ1) is 16.8. The van der Waals surface area contributed by atoms with Crippen molar-refractivity contribution in [3.05, 3.63) is 64.7 Å². The molecule has 36 heavy (non-hydrogen) atoms. The third-order valence-corrected chi connectivity index (χ3v) is 6.44. The van der Waals surface area contributed by atoms with Crippen molar-refractivity contribution < 1.29 is 28.7 Å². The van der Waals surface area contributed by atoms with E-state index in [9.17, 15) is 19.2 Å². The molecule has 3 amide bonds. The maximum Gasteiger partial charge on any atom is 0.328 e. The van der Waals surface area contributed by atoms with Crippen LogP contribution in [0.15, 0.2) is 42.5 Å². The van der Waals surface area contributed by atoms with E-state index in [0.29, 0.717) is 23.1 Å². The summed E-state index contributed by atoms with van der Waals surface area (Å²) in [5, 5.41) is 0. The molecule has 0 radical (unpaired) electrons. The number of methoxy groups -OCH3 is 2. The van der Waals surface area contributed by atoms with E-state index in [1.165, 1.54) is 19.1 Å². The van der Waals surface area contributed by atoms with Gasteiger partial charge in [-0.3, -0.25) is 19.3 Å². The SMILES string of the molecule is COCC(=O)N(c1c(C)cccc1C)[C@@H](C)C(=O)OC.O=C1c2ccccc2C(=O)N1SC(Cl)(Cl)Cl. The number of carbonyl (C=O) groups is 4. The fourth-order valence-corrected chi connectivity index (χ4v) is 4.73. The highest BCUT2D eigenvalue weighted by Crippen LogP contribution is 2.44. The summed E-state index contributed by atoms with van der Waals surface area (Å²) in [7, 11) is 2.76. The minimum Gasteiger partial charge on any atom is -0.467 e. The van der Waals surface area contributed by atoms with Gasteiger partial charge in [0, 0.05) is 19.1 Å². The van der Waals surface area contributed by atoms with E-state index in [1.54, 1.807) is 31.2 Å². The molecule has 1 aliphatic rings. The highest BCUT2D eigenvalue weighted by Gasteiger charge is 2.40. The Morgan fingerprint density at radius 2 is 1.47 bits per heavy atom. The maximum atomic E-state index is 12.3. The number of halogens is 3. The Balaban J connectivity index is 0.000000259. The number of rotatable bonds is 6. The predicted molar refractivity (Wildman–Crippen MR) is 142 cm³/mol. The number of amides is 3. The van der Waals surface area contributed by atoms with Crippen LogP contribution < -0.4 is 4.90 Å². The molecule has 0 fully saturated rings. The Bertz CT molecular complexity index is 1100. The number of anilines is 1. The second-order valence-electron chi connectivity index (χ2n) is 7.62. The van der Waals surface area contributed by atoms with E-state index in [-0.39, 0.29) is 12.5 Å². The Morgan fingerprint density at radius 1 is 0.972 bits per heavy atom. The first-order valence-electron chi connectivity index (χ1n) is 10.5. The number of alkyl halides is 3. The number of carbonyl (C=O) groups excluding carboxylic acids is 4. The molecule has 0 aromatic heterocycles. The molecule has 0 unspecified atom stereocenters. The average molecular weight is 576 g/mol. The van der Waals surface area contributed by atoms with Crippen molar-refractivity contribution in [1.29, 1.82) is 0 Å². The van der Waals surface area contributed by atoms with Crippen LogP contribution in [0.4, 0.5) is 5.69 Å². The van der Waals surface area contributed by atoms with E-state index in [2.05, 4.69) is 0 Å². The molecule has 2 aromatic carbocycles. The van der Waals surface area contributed by atoms with Gasteiger partial charge in [-0.25, -0.2) is 9.10 Å². The van der Waals surface area contributed by atoms with E-state index in [1.807, 2.05) is 32.0 Å². The Kier molecular flexibility index (Phi) is 10.6. The number of imide groups is 1. The van der Waals surface area contributed by atoms with Crippen molar-refractivity contribution in [2.24, 2.45) is 0 Å². The number of hydrogen-bond acceptors (Lipinski definition) is 7. The number of benzene rings is 2. The summed E-state index contributed by atoms with van der Waals surface area (Å²) < 4.78 is 8.77. The fourth-order valence-electron chi connectivity index (χ4n) is 3.54. The van der Waals surface area contributed by atoms with Gasteiger partial charge >= 0.3 is 5.97 Å². The molecule has 8 nitrogen and oxygen atoms in total. The van der Waals surface area contributed by atoms with Crippen LogP contribution in [-0.4, -0.2) is 58.0 Å². The second kappa shape index (κ2) is 12.8. The number of aryl methyl sites for hydroxylation is 2. The highest BCUT2D eigenvalue weighted by molar-refractivity contribution is 8.03. The van der Waals surface area contributed by atoms with Crippen molar-refractivity contribution in [3.63, 3.8) is 0 Å². The van der Waals surface area contributed by atoms with Gasteiger partial charge in [-0.05, 0) is 44.0 Å². The van der Waals surface area contributed by atoms with E-state index < -0.39 is 27.0 Å². The van der Waals surface area contributed by atoms with Gasteiger partial charge in [0.25, 0.3) is 20.8 Å². The number of para-hydroxylation sites is 1. The largest absolute Gasteiger partial charge is 0.467 e. The van der Waals surface area contributed by atoms with Crippen LogP contribution in [0.5, 0.6) is 0 Å². The van der Waals surface area contributed by atoms with Crippen LogP contribution in [0, 0.1) is 13.8 Å². The molecule has 0 aliphatic carbocycles. The Labute approximate surface area is 228 Å². The van der Waals surface area contributed by atoms with Gasteiger partial charge < -0.3 is 9.47 Å². The summed E-state index contributed by atoms with van der Waals surface area (Å²) in [5.74, 6) is -1.66. The van der Waals surface area contributed by atoms with Gasteiger partial charge in [0.1, 0.15) is 12.6 Å². The molecule has 0 saturated carbocycles. The van der Waals surface area contributed by atoms with E-state index in [0.717, 1.165) is 21.1 Å². The molecular weight excluding hydrogens is 551 g/mol. The first kappa shape index (κ1) is 29.9. The van der Waals surface area contributed by atoms with E-state index >= 15 is 0 Å². The minimum atomic E-state index is -1.74. The Morgan fingerprint density at radius 3 is 1.89 bits per heavy atom. The zero-order chi connectivity index (χ0) is 27.2. The van der Waals surface area contributed by atoms with Gasteiger partial charge in [-0.15, -0.1) is 0 Å². The molecule has 1 aliphatic heterocycles. The van der Waals surface area contributed by atoms with Crippen LogP contribution in [-0.2, 0) is 19.1 Å². The Hall–Kier alpha value is -2.30. The topological polar surface area (TPSA) is 93.2 Å². The number of fused-ring (bicyclic) bond motifs is 1. The molecule has 12 heteroatoms. The smallest absolute Gasteiger partial charge is 0.328 e. The van der Waals surface area contributed by atoms with Crippen molar-refractivity contribution >= 4 is 76.1 Å². The van der Waals surface area contributed by atoms with Gasteiger partial charge in [0.2, 0.25) is 0 Å². The first-order valence-corrected chi connectivity index (χ1v) is 12.4. The molecule has 0 bridgehead atoms. The lowest BCUT2D eigenvalue weighted by molar-refractivity contribution is -0.143. The van der Waals surface area contributed by atoms with Crippen LogP contribution in [0.3, 0.4) is 0 Å². The summed E-state index contributed by atoms with van der Waals surface area (Å²) in [6.07, 6.45) is 0. The lowest BCUT2D eigenvalue weighted by Crippen LogP contribution is -2.46. The summed E-state index contributed by atoms with van der Waals surface area (Å²) in [6, 6.07) is 11.5. The second-order valence-corrected chi connectivity index (χ2v) is 11.7. The highest BCUT2D eigenvalue weighted by atomic mass is 35.6. The number of esters is 1. The summed E-state index contributed by atoms with van der Waals surface area (Å²) in [6.45, 7) is 5.36. The van der Waals surface area contributed by atoms with Gasteiger partial charge in [-0.1, -0.05) is 65.1 Å². The van der Waals surface area contributed by atoms with Crippen molar-refractivity contribution in [1.82, 2.24) is 4.31 Å². The van der Waals surface area contributed by atoms with Gasteiger partial charge in [0.15, 0.2) is 0 Å². The summed E-state index contributed by atoms with van der Waals surface area (Å²) in [5.41, 5.74) is 3.23. The third-order valence-electron chi connectivity index (χ3n) is 5.10. The van der Waals surface area contributed by atoms with Crippen molar-refractivity contribution in [2.75, 3.05) is 25.7 Å². The molecule has 3 rings (SSSR count). The van der Waals surface area contributed by atoms with Crippen LogP contribution in [0.1, 0.15) is 38.8 Å². The van der Waals surface area contributed by atoms with E-state index in [4.69, 9.17) is 44.3 Å². The third kappa shape index (κ3) is 7.14. The molecule has 0 spiro atoms. The normalized spacial score (nSPS) is 13.5.